The van der Waals surface area contributed by atoms with Crippen molar-refractivity contribution in [2.24, 2.45) is 0 Å². The Balaban J connectivity index is 1.21. The first-order valence-electron chi connectivity index (χ1n) is 14.1. The summed E-state index contributed by atoms with van der Waals surface area (Å²) in [6, 6.07) is 38.4. The summed E-state index contributed by atoms with van der Waals surface area (Å²) in [6.45, 7) is 0.760. The maximum Gasteiger partial charge on any atom is 0.0886 e. The van der Waals surface area contributed by atoms with Gasteiger partial charge in [-0.25, -0.2) is 0 Å². The number of nitrogens with one attached hydrogen (secondary N) is 1. The Morgan fingerprint density at radius 1 is 0.452 bits per heavy atom. The third-order valence-corrected chi connectivity index (χ3v) is 8.09. The number of aromatic nitrogens is 3. The summed E-state index contributed by atoms with van der Waals surface area (Å²) < 4.78 is 0. The molecule has 0 saturated heterocycles. The number of hydrogen-bond acceptors (Lipinski definition) is 4. The lowest BCUT2D eigenvalue weighted by atomic mass is 9.90. The molecule has 4 heteroatoms. The number of dihydropyridines is 1. The first kappa shape index (κ1) is 24.2. The minimum atomic E-state index is 0.760. The van der Waals surface area contributed by atoms with Crippen LogP contribution in [0.1, 0.15) is 11.3 Å². The van der Waals surface area contributed by atoms with Crippen LogP contribution in [0.3, 0.4) is 0 Å². The van der Waals surface area contributed by atoms with Crippen LogP contribution >= 0.6 is 0 Å². The lowest BCUT2D eigenvalue weighted by Crippen LogP contribution is -2.18. The van der Waals surface area contributed by atoms with Gasteiger partial charge in [0.05, 0.1) is 22.8 Å². The van der Waals surface area contributed by atoms with Gasteiger partial charge >= 0.3 is 0 Å². The van der Waals surface area contributed by atoms with E-state index >= 15 is 0 Å². The van der Waals surface area contributed by atoms with Gasteiger partial charge in [-0.3, -0.25) is 15.0 Å². The fraction of sp³-hybridized carbons (Fsp3) is 0.0263. The van der Waals surface area contributed by atoms with E-state index in [1.165, 1.54) is 43.5 Å². The Labute approximate surface area is 243 Å². The highest BCUT2D eigenvalue weighted by Gasteiger charge is 2.14. The van der Waals surface area contributed by atoms with Crippen molar-refractivity contribution in [3.05, 3.63) is 151 Å². The molecule has 1 N–H and O–H groups in total. The summed E-state index contributed by atoms with van der Waals surface area (Å²) in [5.74, 6) is 0. The van der Waals surface area contributed by atoms with E-state index in [2.05, 4.69) is 94.2 Å². The van der Waals surface area contributed by atoms with Gasteiger partial charge in [0.1, 0.15) is 0 Å². The number of hydrogen-bond donors (Lipinski definition) is 1. The monoisotopic (exact) mass is 538 g/mol. The van der Waals surface area contributed by atoms with Gasteiger partial charge in [0.15, 0.2) is 0 Å². The van der Waals surface area contributed by atoms with E-state index in [-0.39, 0.29) is 0 Å². The first-order valence-corrected chi connectivity index (χ1v) is 14.1. The van der Waals surface area contributed by atoms with E-state index in [0.717, 1.165) is 40.5 Å². The second kappa shape index (κ2) is 10.1. The average molecular weight is 539 g/mol. The summed E-state index contributed by atoms with van der Waals surface area (Å²) in [7, 11) is 0. The maximum absolute atomic E-state index is 4.71. The van der Waals surface area contributed by atoms with Crippen molar-refractivity contribution in [2.45, 2.75) is 0 Å². The zero-order valence-electron chi connectivity index (χ0n) is 22.8. The van der Waals surface area contributed by atoms with Crippen LogP contribution < -0.4 is 5.32 Å². The molecule has 0 amide bonds. The minimum absolute atomic E-state index is 0.760. The summed E-state index contributed by atoms with van der Waals surface area (Å²) in [6.07, 6.45) is 9.91. The standard InChI is InChI=1S/C38H26N4/c1-2-8-30-29(7-1)33-21-25(27-13-17-37(41-23-27)35-9-3-5-19-39-35)11-15-31(33)32-16-12-26(22-34(30)32)28-14-18-38(42-24-28)36-10-4-6-20-40-36/h1-23,42H,24H2. The summed E-state index contributed by atoms with van der Waals surface area (Å²) in [5, 5.41) is 11.1. The van der Waals surface area contributed by atoms with Crippen molar-refractivity contribution < 1.29 is 0 Å². The van der Waals surface area contributed by atoms with Crippen LogP contribution in [0.5, 0.6) is 0 Å². The third kappa shape index (κ3) is 4.21. The van der Waals surface area contributed by atoms with Crippen molar-refractivity contribution in [2.75, 3.05) is 6.54 Å². The Morgan fingerprint density at radius 3 is 1.67 bits per heavy atom. The predicted octanol–water partition coefficient (Wildman–Crippen LogP) is 8.69. The minimum Gasteiger partial charge on any atom is -0.379 e. The molecule has 0 aliphatic carbocycles. The van der Waals surface area contributed by atoms with Gasteiger partial charge in [-0.1, -0.05) is 72.8 Å². The molecule has 7 aromatic rings. The lowest BCUT2D eigenvalue weighted by molar-refractivity contribution is 0.994. The number of benzene rings is 4. The summed E-state index contributed by atoms with van der Waals surface area (Å²) in [5.41, 5.74) is 8.49. The van der Waals surface area contributed by atoms with Crippen LogP contribution in [0.25, 0.3) is 66.1 Å². The second-order valence-corrected chi connectivity index (χ2v) is 10.6. The van der Waals surface area contributed by atoms with Crippen LogP contribution in [0.4, 0.5) is 0 Å². The topological polar surface area (TPSA) is 50.7 Å². The quantitative estimate of drug-likeness (QED) is 0.228. The Bertz CT molecular complexity index is 2140. The van der Waals surface area contributed by atoms with E-state index in [9.17, 15) is 0 Å². The highest BCUT2D eigenvalue weighted by atomic mass is 14.9. The van der Waals surface area contributed by atoms with Gasteiger partial charge in [-0.05, 0) is 97.6 Å². The Kier molecular flexibility index (Phi) is 5.82. The van der Waals surface area contributed by atoms with E-state index in [4.69, 9.17) is 4.98 Å². The van der Waals surface area contributed by atoms with Crippen LogP contribution in [-0.4, -0.2) is 21.5 Å². The zero-order chi connectivity index (χ0) is 27.9. The number of pyridine rings is 3. The number of rotatable bonds is 4. The average Bonchev–Trinajstić information content (AvgIpc) is 3.09. The molecule has 4 nitrogen and oxygen atoms in total. The highest BCUT2D eigenvalue weighted by Crippen LogP contribution is 2.38. The van der Waals surface area contributed by atoms with E-state index in [1.54, 1.807) is 6.20 Å². The SMILES string of the molecule is C1=C(c2ccc3c4ccc(-c5ccc(-c6ccccn6)nc5)cc4c4ccccc4c3c2)CNC(c2ccccn2)=C1. The van der Waals surface area contributed by atoms with Gasteiger partial charge in [0.25, 0.3) is 0 Å². The summed E-state index contributed by atoms with van der Waals surface area (Å²) >= 11 is 0. The molecule has 0 saturated carbocycles. The molecule has 1 aliphatic rings. The molecule has 0 unspecified atom stereocenters. The van der Waals surface area contributed by atoms with E-state index < -0.39 is 0 Å². The molecule has 0 bridgehead atoms. The molecule has 3 aromatic heterocycles. The zero-order valence-corrected chi connectivity index (χ0v) is 22.8. The fourth-order valence-corrected chi connectivity index (χ4v) is 5.96. The molecule has 0 spiro atoms. The number of fused-ring (bicyclic) bond motifs is 6. The Hall–Kier alpha value is -5.61. The van der Waals surface area contributed by atoms with Crippen molar-refractivity contribution in [3.8, 4) is 22.5 Å². The maximum atomic E-state index is 4.71. The molecule has 4 aromatic carbocycles. The molecule has 198 valence electrons. The van der Waals surface area contributed by atoms with E-state index in [0.29, 0.717) is 0 Å². The van der Waals surface area contributed by atoms with E-state index in [1.807, 2.05) is 54.9 Å². The van der Waals surface area contributed by atoms with Crippen molar-refractivity contribution in [3.63, 3.8) is 0 Å². The number of nitrogens with zero attached hydrogens (tertiary/aromatic N) is 3. The first-order chi connectivity index (χ1) is 20.8. The predicted molar refractivity (Wildman–Crippen MR) is 174 cm³/mol. The normalized spacial score (nSPS) is 13.1. The van der Waals surface area contributed by atoms with Crippen LogP contribution in [0.2, 0.25) is 0 Å². The number of allylic oxidation sites excluding steroid dienone is 2. The molecule has 1 aliphatic heterocycles. The summed E-state index contributed by atoms with van der Waals surface area (Å²) in [4.78, 5) is 13.6. The van der Waals surface area contributed by atoms with Crippen LogP contribution in [0, 0.1) is 0 Å². The van der Waals surface area contributed by atoms with Crippen LogP contribution in [-0.2, 0) is 0 Å². The molecule has 0 atom stereocenters. The largest absolute Gasteiger partial charge is 0.379 e. The molecule has 42 heavy (non-hydrogen) atoms. The van der Waals surface area contributed by atoms with Crippen LogP contribution in [0.15, 0.2) is 140 Å². The van der Waals surface area contributed by atoms with Crippen molar-refractivity contribution in [1.29, 1.82) is 0 Å². The van der Waals surface area contributed by atoms with Crippen molar-refractivity contribution in [1.82, 2.24) is 20.3 Å². The smallest absolute Gasteiger partial charge is 0.0886 e. The molecule has 0 radical (unpaired) electrons. The molecule has 8 rings (SSSR count). The van der Waals surface area contributed by atoms with Gasteiger partial charge in [-0.15, -0.1) is 0 Å². The molecule has 4 heterocycles. The second-order valence-electron chi connectivity index (χ2n) is 10.6. The fourth-order valence-electron chi connectivity index (χ4n) is 5.96. The molecular formula is C38H26N4. The van der Waals surface area contributed by atoms with Gasteiger partial charge in [0.2, 0.25) is 0 Å². The van der Waals surface area contributed by atoms with Crippen molar-refractivity contribution >= 4 is 43.6 Å². The molecule has 0 fully saturated rings. The Morgan fingerprint density at radius 2 is 1.05 bits per heavy atom. The van der Waals surface area contributed by atoms with Gasteiger partial charge < -0.3 is 5.32 Å². The van der Waals surface area contributed by atoms with Gasteiger partial charge in [0, 0.05) is 30.7 Å². The van der Waals surface area contributed by atoms with Gasteiger partial charge in [-0.2, -0.15) is 0 Å². The third-order valence-electron chi connectivity index (χ3n) is 8.09. The highest BCUT2D eigenvalue weighted by molar-refractivity contribution is 6.26. The molecular weight excluding hydrogens is 512 g/mol. The lowest BCUT2D eigenvalue weighted by Gasteiger charge is -2.18.